The fraction of sp³-hybridized carbons (Fsp3) is 0.415. The smallest absolute Gasteiger partial charge is 0.00987 e. The summed E-state index contributed by atoms with van der Waals surface area (Å²) < 4.78 is 0. The van der Waals surface area contributed by atoms with Crippen LogP contribution in [0, 0.1) is 17.8 Å². The molecule has 0 amide bonds. The molecular weight excluding hydrogens is 492 g/mol. The summed E-state index contributed by atoms with van der Waals surface area (Å²) in [6, 6.07) is 33.1. The fourth-order valence-electron chi connectivity index (χ4n) is 6.27. The van der Waals surface area contributed by atoms with Gasteiger partial charge in [0.25, 0.3) is 0 Å². The zero-order chi connectivity index (χ0) is 29.3. The Morgan fingerprint density at radius 3 is 1.59 bits per heavy atom. The molecule has 0 aromatic heterocycles. The van der Waals surface area contributed by atoms with Crippen LogP contribution in [0.1, 0.15) is 108 Å². The summed E-state index contributed by atoms with van der Waals surface area (Å²) in [5, 5.41) is 0. The molecule has 218 valence electrons. The van der Waals surface area contributed by atoms with Crippen LogP contribution in [0.3, 0.4) is 0 Å². The van der Waals surface area contributed by atoms with Crippen LogP contribution < -0.4 is 0 Å². The highest BCUT2D eigenvalue weighted by Gasteiger charge is 2.19. The van der Waals surface area contributed by atoms with Gasteiger partial charge in [0.05, 0.1) is 0 Å². The number of allylic oxidation sites excluding steroid dienone is 6. The molecular formula is C41H54. The van der Waals surface area contributed by atoms with E-state index < -0.39 is 0 Å². The summed E-state index contributed by atoms with van der Waals surface area (Å²) in [5.74, 6) is 3.29. The van der Waals surface area contributed by atoms with Gasteiger partial charge in [-0.2, -0.15) is 0 Å². The molecule has 0 heterocycles. The van der Waals surface area contributed by atoms with Crippen LogP contribution in [-0.2, 0) is 0 Å². The Bertz CT molecular complexity index is 1150. The monoisotopic (exact) mass is 546 g/mol. The summed E-state index contributed by atoms with van der Waals surface area (Å²) in [4.78, 5) is 0. The fourth-order valence-corrected chi connectivity index (χ4v) is 6.27. The highest BCUT2D eigenvalue weighted by molar-refractivity contribution is 5.23. The molecule has 3 aromatic rings. The van der Waals surface area contributed by atoms with Crippen molar-refractivity contribution in [2.75, 3.05) is 0 Å². The van der Waals surface area contributed by atoms with Gasteiger partial charge in [0, 0.05) is 0 Å². The molecule has 0 radical (unpaired) electrons. The van der Waals surface area contributed by atoms with Gasteiger partial charge < -0.3 is 0 Å². The minimum absolute atomic E-state index is 0.500. The molecule has 0 heteroatoms. The maximum Gasteiger partial charge on any atom is -0.00987 e. The third-order valence-electron chi connectivity index (χ3n) is 8.64. The van der Waals surface area contributed by atoms with Crippen LogP contribution in [0.4, 0.5) is 0 Å². The standard InChI is InChI=1S/C41H54/c1-6-8-21-36(32-35(5)38-25-14-10-15-26-38)22-19-30-40(41(7-2)39-27-16-11-17-28-39)29-18-20-33(3)31-34(4)37-23-12-9-13-24-37/h8-21,23-28,30,33-36,40-41H,6-7,22,29,31-32H2,1-5H3. The molecule has 0 fully saturated rings. The highest BCUT2D eigenvalue weighted by atomic mass is 14.2. The molecule has 0 saturated heterocycles. The van der Waals surface area contributed by atoms with Crippen molar-refractivity contribution < 1.29 is 0 Å². The third-order valence-corrected chi connectivity index (χ3v) is 8.64. The van der Waals surface area contributed by atoms with Crippen molar-refractivity contribution in [1.82, 2.24) is 0 Å². The van der Waals surface area contributed by atoms with Gasteiger partial charge in [-0.3, -0.25) is 0 Å². The van der Waals surface area contributed by atoms with Crippen molar-refractivity contribution in [3.8, 4) is 0 Å². The second-order valence-corrected chi connectivity index (χ2v) is 12.1. The van der Waals surface area contributed by atoms with E-state index in [-0.39, 0.29) is 0 Å². The average molecular weight is 547 g/mol. The van der Waals surface area contributed by atoms with Gasteiger partial charge in [-0.1, -0.05) is 162 Å². The zero-order valence-corrected chi connectivity index (χ0v) is 26.3. The van der Waals surface area contributed by atoms with Gasteiger partial charge in [-0.05, 0) is 90.7 Å². The molecule has 3 rings (SSSR count). The molecule has 0 spiro atoms. The van der Waals surface area contributed by atoms with Gasteiger partial charge in [0.1, 0.15) is 0 Å². The van der Waals surface area contributed by atoms with E-state index >= 15 is 0 Å². The van der Waals surface area contributed by atoms with Crippen molar-refractivity contribution in [3.63, 3.8) is 0 Å². The van der Waals surface area contributed by atoms with Crippen molar-refractivity contribution in [1.29, 1.82) is 0 Å². The first-order valence-corrected chi connectivity index (χ1v) is 16.2. The molecule has 6 unspecified atom stereocenters. The topological polar surface area (TPSA) is 0 Å². The maximum absolute atomic E-state index is 2.54. The van der Waals surface area contributed by atoms with Gasteiger partial charge in [-0.25, -0.2) is 0 Å². The molecule has 6 atom stereocenters. The second-order valence-electron chi connectivity index (χ2n) is 12.1. The number of hydrogen-bond donors (Lipinski definition) is 0. The Morgan fingerprint density at radius 1 is 0.537 bits per heavy atom. The quantitative estimate of drug-likeness (QED) is 0.148. The van der Waals surface area contributed by atoms with Crippen LogP contribution >= 0.6 is 0 Å². The van der Waals surface area contributed by atoms with Gasteiger partial charge in [0.2, 0.25) is 0 Å². The van der Waals surface area contributed by atoms with Crippen molar-refractivity contribution in [2.45, 2.75) is 90.9 Å². The van der Waals surface area contributed by atoms with Crippen LogP contribution in [0.2, 0.25) is 0 Å². The average Bonchev–Trinajstić information content (AvgIpc) is 3.01. The Hall–Kier alpha value is -3.12. The van der Waals surface area contributed by atoms with Gasteiger partial charge in [-0.15, -0.1) is 0 Å². The summed E-state index contributed by atoms with van der Waals surface area (Å²) in [6.45, 7) is 11.7. The first-order chi connectivity index (χ1) is 20.0. The molecule has 0 saturated carbocycles. The Kier molecular flexibility index (Phi) is 14.5. The Morgan fingerprint density at radius 2 is 1.05 bits per heavy atom. The summed E-state index contributed by atoms with van der Waals surface area (Å²) in [7, 11) is 0. The van der Waals surface area contributed by atoms with E-state index in [0.29, 0.717) is 35.5 Å². The zero-order valence-electron chi connectivity index (χ0n) is 26.3. The largest absolute Gasteiger partial charge is 0.0885 e. The first kappa shape index (κ1) is 32.4. The lowest BCUT2D eigenvalue weighted by Gasteiger charge is -2.24. The van der Waals surface area contributed by atoms with E-state index in [2.05, 4.69) is 162 Å². The SMILES string of the molecule is CCC=CC(CC=CC(CC=CC(C)CC(C)c1ccccc1)C(CC)c1ccccc1)CC(C)c1ccccc1. The predicted molar refractivity (Wildman–Crippen MR) is 182 cm³/mol. The van der Waals surface area contributed by atoms with E-state index in [1.165, 1.54) is 29.5 Å². The molecule has 0 N–H and O–H groups in total. The van der Waals surface area contributed by atoms with Crippen molar-refractivity contribution >= 4 is 0 Å². The summed E-state index contributed by atoms with van der Waals surface area (Å²) in [5.41, 5.74) is 4.35. The maximum atomic E-state index is 2.54. The molecule has 0 nitrogen and oxygen atoms in total. The second kappa shape index (κ2) is 18.3. The molecule has 0 bridgehead atoms. The minimum Gasteiger partial charge on any atom is -0.0885 e. The van der Waals surface area contributed by atoms with Crippen LogP contribution in [-0.4, -0.2) is 0 Å². The number of benzene rings is 3. The predicted octanol–water partition coefficient (Wildman–Crippen LogP) is 12.3. The first-order valence-electron chi connectivity index (χ1n) is 16.2. The molecule has 3 aromatic carbocycles. The lowest BCUT2D eigenvalue weighted by Crippen LogP contribution is -2.10. The van der Waals surface area contributed by atoms with E-state index in [4.69, 9.17) is 0 Å². The van der Waals surface area contributed by atoms with Crippen LogP contribution in [0.5, 0.6) is 0 Å². The van der Waals surface area contributed by atoms with E-state index in [0.717, 1.165) is 25.7 Å². The summed E-state index contributed by atoms with van der Waals surface area (Å²) >= 11 is 0. The number of rotatable bonds is 17. The van der Waals surface area contributed by atoms with Crippen molar-refractivity contribution in [3.05, 3.63) is 144 Å². The molecule has 0 aliphatic heterocycles. The van der Waals surface area contributed by atoms with Crippen LogP contribution in [0.25, 0.3) is 0 Å². The normalized spacial score (nSPS) is 16.6. The molecule has 0 aliphatic rings. The van der Waals surface area contributed by atoms with Crippen LogP contribution in [0.15, 0.2) is 127 Å². The lowest BCUT2D eigenvalue weighted by atomic mass is 9.81. The summed E-state index contributed by atoms with van der Waals surface area (Å²) in [6.07, 6.45) is 21.6. The van der Waals surface area contributed by atoms with E-state index in [1.807, 2.05) is 0 Å². The molecule has 0 aliphatic carbocycles. The highest BCUT2D eigenvalue weighted by Crippen LogP contribution is 2.33. The molecule has 41 heavy (non-hydrogen) atoms. The Balaban J connectivity index is 1.70. The Labute approximate surface area is 252 Å². The van der Waals surface area contributed by atoms with Crippen molar-refractivity contribution in [2.24, 2.45) is 17.8 Å². The third kappa shape index (κ3) is 11.3. The van der Waals surface area contributed by atoms with Gasteiger partial charge >= 0.3 is 0 Å². The minimum atomic E-state index is 0.500. The van der Waals surface area contributed by atoms with E-state index in [9.17, 15) is 0 Å². The number of hydrogen-bond acceptors (Lipinski definition) is 0. The van der Waals surface area contributed by atoms with E-state index in [1.54, 1.807) is 0 Å². The van der Waals surface area contributed by atoms with Gasteiger partial charge in [0.15, 0.2) is 0 Å². The lowest BCUT2D eigenvalue weighted by molar-refractivity contribution is 0.489.